The maximum absolute atomic E-state index is 12.5. The van der Waals surface area contributed by atoms with Crippen LogP contribution in [0.15, 0.2) is 12.1 Å². The van der Waals surface area contributed by atoms with Crippen LogP contribution in [0.3, 0.4) is 0 Å². The quantitative estimate of drug-likeness (QED) is 0.700. The van der Waals surface area contributed by atoms with E-state index in [1.165, 1.54) is 0 Å². The standard InChI is InChI=1S/C21H32ClN3O4/c1-21(2,3)29-20(26)25-10-5-4-6-14(12-25)24-19-16(23)7-8-17(18(19)22)28-15-9-11-27-13-15/h7-8,14-15,24H,4-6,9-13,23H2,1-3H3. The van der Waals surface area contributed by atoms with Crippen molar-refractivity contribution in [2.75, 3.05) is 37.4 Å². The molecule has 1 aromatic rings. The number of carbonyl (C=O) groups excluding carboxylic acids is 1. The molecule has 2 saturated heterocycles. The molecule has 1 aromatic carbocycles. The summed E-state index contributed by atoms with van der Waals surface area (Å²) in [6.07, 6.45) is 3.41. The zero-order chi connectivity index (χ0) is 21.0. The average molecular weight is 426 g/mol. The Hall–Kier alpha value is -1.86. The molecule has 162 valence electrons. The van der Waals surface area contributed by atoms with Gasteiger partial charge in [-0.1, -0.05) is 11.6 Å². The van der Waals surface area contributed by atoms with E-state index < -0.39 is 5.60 Å². The largest absolute Gasteiger partial charge is 0.486 e. The molecule has 7 nitrogen and oxygen atoms in total. The first-order valence-corrected chi connectivity index (χ1v) is 10.7. The molecule has 8 heteroatoms. The minimum Gasteiger partial charge on any atom is -0.486 e. The third-order valence-corrected chi connectivity index (χ3v) is 5.37. The molecule has 0 bridgehead atoms. The topological polar surface area (TPSA) is 86.1 Å². The van der Waals surface area contributed by atoms with Crippen molar-refractivity contribution in [1.82, 2.24) is 4.90 Å². The third kappa shape index (κ3) is 6.06. The van der Waals surface area contributed by atoms with Gasteiger partial charge in [0.25, 0.3) is 0 Å². The second-order valence-corrected chi connectivity index (χ2v) is 9.09. The number of nitrogens with zero attached hydrogens (tertiary/aromatic N) is 1. The van der Waals surface area contributed by atoms with Crippen LogP contribution >= 0.6 is 11.6 Å². The van der Waals surface area contributed by atoms with Gasteiger partial charge in [0.15, 0.2) is 0 Å². The molecule has 3 N–H and O–H groups in total. The zero-order valence-electron chi connectivity index (χ0n) is 17.5. The number of hydrogen-bond acceptors (Lipinski definition) is 6. The molecule has 0 saturated carbocycles. The van der Waals surface area contributed by atoms with Gasteiger partial charge < -0.3 is 30.2 Å². The van der Waals surface area contributed by atoms with Crippen molar-refractivity contribution in [2.24, 2.45) is 0 Å². The molecule has 2 aliphatic rings. The fraction of sp³-hybridized carbons (Fsp3) is 0.667. The van der Waals surface area contributed by atoms with Gasteiger partial charge in [-0.15, -0.1) is 0 Å². The highest BCUT2D eigenvalue weighted by Crippen LogP contribution is 2.38. The fourth-order valence-electron chi connectivity index (χ4n) is 3.55. The van der Waals surface area contributed by atoms with Gasteiger partial charge in [-0.25, -0.2) is 4.79 Å². The summed E-state index contributed by atoms with van der Waals surface area (Å²) in [5.41, 5.74) is 6.89. The SMILES string of the molecule is CC(C)(C)OC(=O)N1CCCCC(Nc2c(N)ccc(OC3CCOC3)c2Cl)C1. The van der Waals surface area contributed by atoms with Crippen LogP contribution in [0.25, 0.3) is 0 Å². The van der Waals surface area contributed by atoms with Gasteiger partial charge in [0.2, 0.25) is 0 Å². The molecule has 0 spiro atoms. The first-order valence-electron chi connectivity index (χ1n) is 10.3. The first-order chi connectivity index (χ1) is 13.7. The van der Waals surface area contributed by atoms with E-state index in [4.69, 9.17) is 31.5 Å². The van der Waals surface area contributed by atoms with Crippen molar-refractivity contribution in [1.29, 1.82) is 0 Å². The number of benzene rings is 1. The van der Waals surface area contributed by atoms with E-state index >= 15 is 0 Å². The molecular formula is C21H32ClN3O4. The number of carbonyl (C=O) groups is 1. The molecule has 3 rings (SSSR count). The summed E-state index contributed by atoms with van der Waals surface area (Å²) in [6.45, 7) is 8.11. The van der Waals surface area contributed by atoms with Crippen molar-refractivity contribution in [3.8, 4) is 5.75 Å². The number of hydrogen-bond donors (Lipinski definition) is 2. The van der Waals surface area contributed by atoms with Crippen molar-refractivity contribution < 1.29 is 19.0 Å². The Morgan fingerprint density at radius 3 is 2.79 bits per heavy atom. The average Bonchev–Trinajstić information content (AvgIpc) is 3.03. The number of nitrogens with one attached hydrogen (secondary N) is 1. The summed E-state index contributed by atoms with van der Waals surface area (Å²) in [7, 11) is 0. The van der Waals surface area contributed by atoms with Crippen LogP contribution in [0.2, 0.25) is 5.02 Å². The van der Waals surface area contributed by atoms with Crippen LogP contribution in [-0.4, -0.2) is 55.0 Å². The Bertz CT molecular complexity index is 717. The molecule has 2 fully saturated rings. The number of ether oxygens (including phenoxy) is 3. The maximum atomic E-state index is 12.5. The smallest absolute Gasteiger partial charge is 0.410 e. The molecule has 2 atom stereocenters. The minimum atomic E-state index is -0.518. The van der Waals surface area contributed by atoms with Gasteiger partial charge in [-0.3, -0.25) is 0 Å². The van der Waals surface area contributed by atoms with Crippen LogP contribution in [-0.2, 0) is 9.47 Å². The van der Waals surface area contributed by atoms with Crippen LogP contribution in [0.4, 0.5) is 16.2 Å². The predicted octanol–water partition coefficient (Wildman–Crippen LogP) is 4.29. The summed E-state index contributed by atoms with van der Waals surface area (Å²) in [5.74, 6) is 0.594. The zero-order valence-corrected chi connectivity index (χ0v) is 18.3. The second-order valence-electron chi connectivity index (χ2n) is 8.71. The van der Waals surface area contributed by atoms with E-state index in [0.717, 1.165) is 25.7 Å². The number of nitrogen functional groups attached to an aromatic ring is 1. The van der Waals surface area contributed by atoms with Crippen LogP contribution in [0.1, 0.15) is 46.5 Å². The molecule has 2 aliphatic heterocycles. The normalized spacial score (nSPS) is 22.8. The lowest BCUT2D eigenvalue weighted by atomic mass is 10.1. The Kier molecular flexibility index (Phi) is 7.01. The molecular weight excluding hydrogens is 394 g/mol. The first kappa shape index (κ1) is 21.8. The number of anilines is 2. The van der Waals surface area contributed by atoms with E-state index in [1.807, 2.05) is 20.8 Å². The van der Waals surface area contributed by atoms with E-state index in [1.54, 1.807) is 17.0 Å². The van der Waals surface area contributed by atoms with Crippen molar-refractivity contribution in [2.45, 2.75) is 64.2 Å². The number of likely N-dealkylation sites (tertiary alicyclic amines) is 1. The monoisotopic (exact) mass is 425 g/mol. The van der Waals surface area contributed by atoms with E-state index in [-0.39, 0.29) is 18.2 Å². The van der Waals surface area contributed by atoms with Gasteiger partial charge >= 0.3 is 6.09 Å². The summed E-state index contributed by atoms with van der Waals surface area (Å²) in [6, 6.07) is 3.61. The van der Waals surface area contributed by atoms with E-state index in [9.17, 15) is 4.79 Å². The van der Waals surface area contributed by atoms with Crippen LogP contribution in [0.5, 0.6) is 5.75 Å². The molecule has 1 amide bonds. The number of halogens is 1. The van der Waals surface area contributed by atoms with Crippen LogP contribution < -0.4 is 15.8 Å². The van der Waals surface area contributed by atoms with Crippen molar-refractivity contribution >= 4 is 29.1 Å². The number of rotatable bonds is 4. The van der Waals surface area contributed by atoms with Crippen molar-refractivity contribution in [3.05, 3.63) is 17.2 Å². The van der Waals surface area contributed by atoms with Gasteiger partial charge in [-0.2, -0.15) is 0 Å². The lowest BCUT2D eigenvalue weighted by Crippen LogP contribution is -2.42. The maximum Gasteiger partial charge on any atom is 0.410 e. The van der Waals surface area contributed by atoms with E-state index in [0.29, 0.717) is 48.5 Å². The lowest BCUT2D eigenvalue weighted by molar-refractivity contribution is 0.0252. The number of amides is 1. The van der Waals surface area contributed by atoms with E-state index in [2.05, 4.69) is 5.32 Å². The van der Waals surface area contributed by atoms with Crippen LogP contribution in [0, 0.1) is 0 Å². The summed E-state index contributed by atoms with van der Waals surface area (Å²) in [5, 5.41) is 3.92. The highest BCUT2D eigenvalue weighted by molar-refractivity contribution is 6.35. The Balaban J connectivity index is 1.71. The molecule has 29 heavy (non-hydrogen) atoms. The summed E-state index contributed by atoms with van der Waals surface area (Å²) >= 11 is 6.63. The van der Waals surface area contributed by atoms with Gasteiger partial charge in [0.1, 0.15) is 22.5 Å². The molecule has 0 radical (unpaired) electrons. The summed E-state index contributed by atoms with van der Waals surface area (Å²) in [4.78, 5) is 14.3. The number of nitrogens with two attached hydrogens (primary N) is 1. The molecule has 0 aromatic heterocycles. The lowest BCUT2D eigenvalue weighted by Gasteiger charge is -2.29. The van der Waals surface area contributed by atoms with Crippen molar-refractivity contribution in [3.63, 3.8) is 0 Å². The third-order valence-electron chi connectivity index (χ3n) is 4.99. The minimum absolute atomic E-state index is 0.00418. The van der Waals surface area contributed by atoms with Gasteiger partial charge in [-0.05, 0) is 52.2 Å². The molecule has 0 aliphatic carbocycles. The molecule has 2 heterocycles. The molecule has 2 unspecified atom stereocenters. The Labute approximate surface area is 177 Å². The predicted molar refractivity (Wildman–Crippen MR) is 115 cm³/mol. The summed E-state index contributed by atoms with van der Waals surface area (Å²) < 4.78 is 16.9. The highest BCUT2D eigenvalue weighted by atomic mass is 35.5. The second kappa shape index (κ2) is 9.30. The van der Waals surface area contributed by atoms with Gasteiger partial charge in [0, 0.05) is 25.6 Å². The van der Waals surface area contributed by atoms with Gasteiger partial charge in [0.05, 0.1) is 24.6 Å². The highest BCUT2D eigenvalue weighted by Gasteiger charge is 2.27. The Morgan fingerprint density at radius 2 is 2.10 bits per heavy atom. The fourth-order valence-corrected chi connectivity index (χ4v) is 3.82. The Morgan fingerprint density at radius 1 is 1.31 bits per heavy atom.